The van der Waals surface area contributed by atoms with Crippen LogP contribution in [0, 0.1) is 13.8 Å². The van der Waals surface area contributed by atoms with E-state index in [2.05, 4.69) is 5.32 Å². The number of halogens is 1. The maximum atomic E-state index is 14.0. The van der Waals surface area contributed by atoms with Gasteiger partial charge in [-0.05, 0) is 75.6 Å². The molecule has 1 N–H and O–H groups in total. The third-order valence-electron chi connectivity index (χ3n) is 6.68. The van der Waals surface area contributed by atoms with Crippen molar-refractivity contribution in [2.45, 2.75) is 64.6 Å². The molecule has 2 amide bonds. The third-order valence-corrected chi connectivity index (χ3v) is 8.69. The van der Waals surface area contributed by atoms with Crippen LogP contribution >= 0.6 is 11.6 Å². The average Bonchev–Trinajstić information content (AvgIpc) is 2.91. The Morgan fingerprint density at radius 1 is 0.949 bits per heavy atom. The van der Waals surface area contributed by atoms with Crippen molar-refractivity contribution in [3.05, 3.63) is 94.5 Å². The van der Waals surface area contributed by atoms with Gasteiger partial charge in [0.25, 0.3) is 10.0 Å². The Morgan fingerprint density at radius 2 is 1.59 bits per heavy atom. The fraction of sp³-hybridized carbons (Fsp3) is 0.333. The number of anilines is 1. The molecular weight excluding hydrogens is 534 g/mol. The van der Waals surface area contributed by atoms with Crippen molar-refractivity contribution < 1.29 is 18.0 Å². The molecule has 0 aliphatic rings. The lowest BCUT2D eigenvalue weighted by Crippen LogP contribution is -2.52. The Kier molecular flexibility index (Phi) is 10.2. The Morgan fingerprint density at radius 3 is 2.18 bits per heavy atom. The fourth-order valence-corrected chi connectivity index (χ4v) is 5.80. The largest absolute Gasteiger partial charge is 0.352 e. The Labute approximate surface area is 236 Å². The van der Waals surface area contributed by atoms with E-state index < -0.39 is 28.5 Å². The Bertz CT molecular complexity index is 1400. The first-order chi connectivity index (χ1) is 18.4. The summed E-state index contributed by atoms with van der Waals surface area (Å²) in [6, 6.07) is 19.6. The summed E-state index contributed by atoms with van der Waals surface area (Å²) >= 11 is 6.15. The quantitative estimate of drug-likeness (QED) is 0.331. The normalized spacial score (nSPS) is 12.9. The van der Waals surface area contributed by atoms with E-state index in [1.54, 1.807) is 50.2 Å². The third kappa shape index (κ3) is 7.61. The van der Waals surface area contributed by atoms with Crippen molar-refractivity contribution in [2.75, 3.05) is 10.8 Å². The van der Waals surface area contributed by atoms with Crippen LogP contribution in [0.2, 0.25) is 5.02 Å². The lowest BCUT2D eigenvalue weighted by molar-refractivity contribution is -0.139. The minimum atomic E-state index is -4.12. The molecule has 0 heterocycles. The molecule has 39 heavy (non-hydrogen) atoms. The number of benzene rings is 3. The maximum Gasteiger partial charge on any atom is 0.264 e. The molecule has 0 saturated heterocycles. The lowest BCUT2D eigenvalue weighted by atomic mass is 10.1. The molecule has 0 aliphatic heterocycles. The summed E-state index contributed by atoms with van der Waals surface area (Å²) in [5.41, 5.74) is 2.83. The van der Waals surface area contributed by atoms with Crippen LogP contribution < -0.4 is 9.62 Å². The number of nitrogens with one attached hydrogen (secondary N) is 1. The maximum absolute atomic E-state index is 14.0. The molecule has 2 unspecified atom stereocenters. The van der Waals surface area contributed by atoms with Crippen LogP contribution in [-0.2, 0) is 26.2 Å². The van der Waals surface area contributed by atoms with Gasteiger partial charge in [-0.2, -0.15) is 0 Å². The number of rotatable bonds is 11. The van der Waals surface area contributed by atoms with Crippen LogP contribution in [0.25, 0.3) is 0 Å². The summed E-state index contributed by atoms with van der Waals surface area (Å²) in [5.74, 6) is -0.804. The van der Waals surface area contributed by atoms with Crippen LogP contribution in [-0.4, -0.2) is 43.8 Å². The lowest BCUT2D eigenvalue weighted by Gasteiger charge is -2.33. The topological polar surface area (TPSA) is 86.8 Å². The highest BCUT2D eigenvalue weighted by Gasteiger charge is 2.33. The first-order valence-electron chi connectivity index (χ1n) is 12.9. The van der Waals surface area contributed by atoms with E-state index in [0.29, 0.717) is 16.3 Å². The van der Waals surface area contributed by atoms with Gasteiger partial charge in [0.1, 0.15) is 12.6 Å². The number of nitrogens with zero attached hydrogens (tertiary/aromatic N) is 2. The number of carbonyl (C=O) groups excluding carboxylic acids is 2. The van der Waals surface area contributed by atoms with E-state index in [1.807, 2.05) is 45.0 Å². The smallest absolute Gasteiger partial charge is 0.264 e. The van der Waals surface area contributed by atoms with Crippen molar-refractivity contribution in [2.24, 2.45) is 0 Å². The number of carbonyl (C=O) groups is 2. The van der Waals surface area contributed by atoms with Crippen LogP contribution in [0.3, 0.4) is 0 Å². The van der Waals surface area contributed by atoms with Gasteiger partial charge in [-0.1, -0.05) is 66.6 Å². The molecule has 9 heteroatoms. The second-order valence-electron chi connectivity index (χ2n) is 9.76. The zero-order valence-electron chi connectivity index (χ0n) is 23.0. The summed E-state index contributed by atoms with van der Waals surface area (Å²) in [5, 5.41) is 3.39. The SMILES string of the molecule is CCC(C)NC(=O)C(C)N(Cc1ccc(C)cc1)C(=O)CN(c1ccc(Cl)cc1C)S(=O)(=O)c1ccccc1. The molecule has 0 fully saturated rings. The molecule has 208 valence electrons. The van der Waals surface area contributed by atoms with Gasteiger partial charge in [0.2, 0.25) is 11.8 Å². The van der Waals surface area contributed by atoms with Gasteiger partial charge in [0.05, 0.1) is 10.6 Å². The molecule has 0 spiro atoms. The summed E-state index contributed by atoms with van der Waals surface area (Å²) in [4.78, 5) is 28.6. The van der Waals surface area contributed by atoms with Crippen LogP contribution in [0.15, 0.2) is 77.7 Å². The standard InChI is InChI=1S/C30H36ClN3O4S/c1-6-23(4)32-30(36)24(5)33(19-25-14-12-21(2)13-15-25)29(35)20-34(28-17-16-26(31)18-22(28)3)39(37,38)27-10-8-7-9-11-27/h7-18,23-24H,6,19-20H2,1-5H3,(H,32,36). The molecule has 3 rings (SSSR count). The fourth-order valence-electron chi connectivity index (χ4n) is 4.07. The second-order valence-corrected chi connectivity index (χ2v) is 12.1. The van der Waals surface area contributed by atoms with E-state index >= 15 is 0 Å². The number of hydrogen-bond donors (Lipinski definition) is 1. The van der Waals surface area contributed by atoms with Crippen LogP contribution in [0.5, 0.6) is 0 Å². The first kappa shape index (κ1) is 30.2. The van der Waals surface area contributed by atoms with E-state index in [0.717, 1.165) is 21.9 Å². The van der Waals surface area contributed by atoms with E-state index in [-0.39, 0.29) is 23.4 Å². The molecule has 3 aromatic rings. The number of amides is 2. The molecule has 7 nitrogen and oxygen atoms in total. The number of hydrogen-bond acceptors (Lipinski definition) is 4. The summed E-state index contributed by atoms with van der Waals surface area (Å²) in [6.07, 6.45) is 0.739. The number of aryl methyl sites for hydroxylation is 2. The summed E-state index contributed by atoms with van der Waals surface area (Å²) in [6.45, 7) is 8.88. The minimum absolute atomic E-state index is 0.0554. The predicted molar refractivity (Wildman–Crippen MR) is 156 cm³/mol. The monoisotopic (exact) mass is 569 g/mol. The molecule has 3 aromatic carbocycles. The molecule has 0 bridgehead atoms. The van der Waals surface area contributed by atoms with Gasteiger partial charge in [0.15, 0.2) is 0 Å². The zero-order valence-corrected chi connectivity index (χ0v) is 24.6. The highest BCUT2D eigenvalue weighted by molar-refractivity contribution is 7.92. The van der Waals surface area contributed by atoms with Gasteiger partial charge in [-0.3, -0.25) is 13.9 Å². The van der Waals surface area contributed by atoms with Gasteiger partial charge >= 0.3 is 0 Å². The van der Waals surface area contributed by atoms with Crippen molar-refractivity contribution in [1.82, 2.24) is 10.2 Å². The van der Waals surface area contributed by atoms with Crippen LogP contribution in [0.4, 0.5) is 5.69 Å². The van der Waals surface area contributed by atoms with Crippen molar-refractivity contribution in [3.8, 4) is 0 Å². The first-order valence-corrected chi connectivity index (χ1v) is 14.7. The Balaban J connectivity index is 2.04. The summed E-state index contributed by atoms with van der Waals surface area (Å²) < 4.78 is 28.8. The average molecular weight is 570 g/mol. The Hall–Kier alpha value is -3.36. The van der Waals surface area contributed by atoms with E-state index in [1.165, 1.54) is 17.0 Å². The molecular formula is C30H36ClN3O4S. The van der Waals surface area contributed by atoms with Gasteiger partial charge in [0, 0.05) is 17.6 Å². The zero-order chi connectivity index (χ0) is 28.7. The summed E-state index contributed by atoms with van der Waals surface area (Å²) in [7, 11) is -4.12. The minimum Gasteiger partial charge on any atom is -0.352 e. The predicted octanol–water partition coefficient (Wildman–Crippen LogP) is 5.48. The second kappa shape index (κ2) is 13.1. The van der Waals surface area contributed by atoms with Gasteiger partial charge in [-0.15, -0.1) is 0 Å². The van der Waals surface area contributed by atoms with Gasteiger partial charge < -0.3 is 10.2 Å². The molecule has 0 aliphatic carbocycles. The van der Waals surface area contributed by atoms with Gasteiger partial charge in [-0.25, -0.2) is 8.42 Å². The highest BCUT2D eigenvalue weighted by Crippen LogP contribution is 2.29. The van der Waals surface area contributed by atoms with E-state index in [4.69, 9.17) is 11.6 Å². The van der Waals surface area contributed by atoms with Crippen molar-refractivity contribution in [3.63, 3.8) is 0 Å². The van der Waals surface area contributed by atoms with Crippen molar-refractivity contribution in [1.29, 1.82) is 0 Å². The van der Waals surface area contributed by atoms with Crippen LogP contribution in [0.1, 0.15) is 43.9 Å². The number of sulfonamides is 1. The highest BCUT2D eigenvalue weighted by atomic mass is 35.5. The van der Waals surface area contributed by atoms with Crippen molar-refractivity contribution >= 4 is 39.1 Å². The molecule has 0 saturated carbocycles. The molecule has 2 atom stereocenters. The molecule has 0 radical (unpaired) electrons. The molecule has 0 aromatic heterocycles. The van der Waals surface area contributed by atoms with E-state index in [9.17, 15) is 18.0 Å².